The molecule has 0 aliphatic carbocycles. The van der Waals surface area contributed by atoms with Gasteiger partial charge in [0.15, 0.2) is 5.78 Å². The van der Waals surface area contributed by atoms with Gasteiger partial charge in [0.05, 0.1) is 4.90 Å². The highest BCUT2D eigenvalue weighted by Crippen LogP contribution is 2.35. The lowest BCUT2D eigenvalue weighted by Crippen LogP contribution is -2.39. The van der Waals surface area contributed by atoms with Crippen molar-refractivity contribution in [3.63, 3.8) is 0 Å². The van der Waals surface area contributed by atoms with Crippen LogP contribution in [0.4, 0.5) is 0 Å². The van der Waals surface area contributed by atoms with Crippen LogP contribution in [0.5, 0.6) is 0 Å². The van der Waals surface area contributed by atoms with Gasteiger partial charge in [-0.2, -0.15) is 4.31 Å². The number of carbonyl (C=O) groups is 1. The summed E-state index contributed by atoms with van der Waals surface area (Å²) in [5.41, 5.74) is 5.21. The fourth-order valence-electron chi connectivity index (χ4n) is 4.69. The van der Waals surface area contributed by atoms with Crippen LogP contribution in [0.2, 0.25) is 0 Å². The van der Waals surface area contributed by atoms with Gasteiger partial charge < -0.3 is 5.11 Å². The van der Waals surface area contributed by atoms with Crippen molar-refractivity contribution >= 4 is 27.6 Å². The van der Waals surface area contributed by atoms with E-state index in [4.69, 9.17) is 0 Å². The molecule has 3 aromatic carbocycles. The van der Waals surface area contributed by atoms with Crippen molar-refractivity contribution in [1.29, 1.82) is 0 Å². The van der Waals surface area contributed by atoms with E-state index >= 15 is 0 Å². The molecular formula is C28H31NO4S2. The molecule has 0 radical (unpaired) electrons. The van der Waals surface area contributed by atoms with E-state index in [1.165, 1.54) is 16.1 Å². The number of ketones is 1. The Kier molecular flexibility index (Phi) is 8.12. The van der Waals surface area contributed by atoms with Crippen LogP contribution in [0.3, 0.4) is 0 Å². The van der Waals surface area contributed by atoms with Gasteiger partial charge in [0.25, 0.3) is 0 Å². The molecule has 7 heteroatoms. The van der Waals surface area contributed by atoms with E-state index in [2.05, 4.69) is 6.07 Å². The maximum atomic E-state index is 13.5. The average molecular weight is 510 g/mol. The molecule has 1 aliphatic heterocycles. The highest BCUT2D eigenvalue weighted by Gasteiger charge is 2.40. The summed E-state index contributed by atoms with van der Waals surface area (Å²) < 4.78 is 28.3. The smallest absolute Gasteiger partial charge is 0.244 e. The van der Waals surface area contributed by atoms with Crippen LogP contribution in [0.25, 0.3) is 11.1 Å². The Morgan fingerprint density at radius 1 is 1.03 bits per heavy atom. The number of aliphatic hydroxyl groups is 1. The summed E-state index contributed by atoms with van der Waals surface area (Å²) in [7, 11) is -3.82. The summed E-state index contributed by atoms with van der Waals surface area (Å²) in [5.74, 6) is 0.311. The van der Waals surface area contributed by atoms with E-state index in [0.717, 1.165) is 27.8 Å². The topological polar surface area (TPSA) is 74.7 Å². The van der Waals surface area contributed by atoms with Crippen LogP contribution >= 0.6 is 11.8 Å². The summed E-state index contributed by atoms with van der Waals surface area (Å²) in [6.45, 7) is 4.31. The molecule has 35 heavy (non-hydrogen) atoms. The molecule has 2 atom stereocenters. The Balaban J connectivity index is 1.54. The van der Waals surface area contributed by atoms with Crippen molar-refractivity contribution in [2.75, 3.05) is 18.9 Å². The first-order valence-corrected chi connectivity index (χ1v) is 14.3. The summed E-state index contributed by atoms with van der Waals surface area (Å²) >= 11 is 1.38. The molecule has 3 aromatic rings. The number of aliphatic hydroxyl groups excluding tert-OH is 1. The lowest BCUT2D eigenvalue weighted by molar-refractivity contribution is -0.120. The van der Waals surface area contributed by atoms with Gasteiger partial charge in [-0.15, -0.1) is 11.8 Å². The Hall–Kier alpha value is -2.45. The molecule has 0 amide bonds. The van der Waals surface area contributed by atoms with E-state index in [1.54, 1.807) is 24.3 Å². The monoisotopic (exact) mass is 509 g/mol. The zero-order chi connectivity index (χ0) is 25.0. The van der Waals surface area contributed by atoms with Gasteiger partial charge in [0, 0.05) is 25.3 Å². The van der Waals surface area contributed by atoms with Gasteiger partial charge in [0.1, 0.15) is 5.37 Å². The fraction of sp³-hybridized carbons (Fsp3) is 0.321. The number of thioether (sulfide) groups is 1. The summed E-state index contributed by atoms with van der Waals surface area (Å²) in [6.07, 6.45) is 0.655. The van der Waals surface area contributed by atoms with E-state index in [1.807, 2.05) is 56.3 Å². The zero-order valence-electron chi connectivity index (χ0n) is 20.1. The van der Waals surface area contributed by atoms with Gasteiger partial charge in [-0.1, -0.05) is 66.2 Å². The number of benzene rings is 3. The molecular weight excluding hydrogens is 478 g/mol. The molecule has 184 valence electrons. The molecule has 5 nitrogen and oxygen atoms in total. The number of sulfonamides is 1. The minimum Gasteiger partial charge on any atom is -0.396 e. The quantitative estimate of drug-likeness (QED) is 0.431. The molecule has 4 rings (SSSR count). The van der Waals surface area contributed by atoms with Crippen molar-refractivity contribution in [3.05, 3.63) is 89.5 Å². The SMILES string of the molecule is Cc1ccc(C(CCO)CC(=O)C2SCCN2S(=O)(=O)c2ccc(-c3ccccc3)cc2)c(C)c1. The number of carbonyl (C=O) groups excluding carboxylic acids is 1. The van der Waals surface area contributed by atoms with Crippen LogP contribution in [0.1, 0.15) is 35.4 Å². The average Bonchev–Trinajstić information content (AvgIpc) is 3.36. The molecule has 1 aliphatic rings. The van der Waals surface area contributed by atoms with E-state index in [9.17, 15) is 18.3 Å². The van der Waals surface area contributed by atoms with Crippen molar-refractivity contribution < 1.29 is 18.3 Å². The second kappa shape index (κ2) is 11.1. The van der Waals surface area contributed by atoms with Crippen LogP contribution in [-0.4, -0.2) is 47.9 Å². The molecule has 0 saturated carbocycles. The first-order chi connectivity index (χ1) is 16.8. The number of aryl methyl sites for hydroxylation is 2. The van der Waals surface area contributed by atoms with Gasteiger partial charge in [-0.3, -0.25) is 4.79 Å². The zero-order valence-corrected chi connectivity index (χ0v) is 21.7. The Morgan fingerprint density at radius 2 is 1.71 bits per heavy atom. The van der Waals surface area contributed by atoms with E-state index in [0.29, 0.717) is 18.7 Å². The molecule has 0 aromatic heterocycles. The molecule has 1 N–H and O–H groups in total. The van der Waals surface area contributed by atoms with Crippen molar-refractivity contribution in [2.45, 2.75) is 42.9 Å². The van der Waals surface area contributed by atoms with Gasteiger partial charge >= 0.3 is 0 Å². The van der Waals surface area contributed by atoms with Crippen molar-refractivity contribution in [3.8, 4) is 11.1 Å². The van der Waals surface area contributed by atoms with Crippen LogP contribution in [-0.2, 0) is 14.8 Å². The number of hydrogen-bond acceptors (Lipinski definition) is 5. The fourth-order valence-corrected chi connectivity index (χ4v) is 7.86. The summed E-state index contributed by atoms with van der Waals surface area (Å²) in [6, 6.07) is 22.7. The van der Waals surface area contributed by atoms with Crippen LogP contribution in [0.15, 0.2) is 77.7 Å². The second-order valence-corrected chi connectivity index (χ2v) is 12.0. The third-order valence-corrected chi connectivity index (χ3v) is 9.75. The van der Waals surface area contributed by atoms with E-state index in [-0.39, 0.29) is 29.6 Å². The second-order valence-electron chi connectivity index (χ2n) is 8.97. The van der Waals surface area contributed by atoms with Gasteiger partial charge in [-0.25, -0.2) is 8.42 Å². The first kappa shape index (κ1) is 25.6. The van der Waals surface area contributed by atoms with Crippen molar-refractivity contribution in [2.24, 2.45) is 0 Å². The largest absolute Gasteiger partial charge is 0.396 e. The van der Waals surface area contributed by atoms with Crippen LogP contribution in [0, 0.1) is 13.8 Å². The highest BCUT2D eigenvalue weighted by atomic mass is 32.2. The maximum Gasteiger partial charge on any atom is 0.244 e. The number of nitrogens with zero attached hydrogens (tertiary/aromatic N) is 1. The molecule has 1 heterocycles. The van der Waals surface area contributed by atoms with E-state index < -0.39 is 15.4 Å². The maximum absolute atomic E-state index is 13.5. The standard InChI is InChI=1S/C28H31NO4S2/c1-20-8-13-26(21(2)18-20)24(14-16-30)19-27(31)28-29(15-17-34-28)35(32,33)25-11-9-23(10-12-25)22-6-4-3-5-7-22/h3-13,18,24,28,30H,14-17,19H2,1-2H3. The molecule has 0 bridgehead atoms. The number of hydrogen-bond donors (Lipinski definition) is 1. The van der Waals surface area contributed by atoms with Crippen molar-refractivity contribution in [1.82, 2.24) is 4.31 Å². The lowest BCUT2D eigenvalue weighted by atomic mass is 9.87. The predicted molar refractivity (Wildman–Crippen MR) is 142 cm³/mol. The lowest BCUT2D eigenvalue weighted by Gasteiger charge is -2.25. The number of rotatable bonds is 9. The highest BCUT2D eigenvalue weighted by molar-refractivity contribution is 8.02. The Bertz CT molecular complexity index is 1270. The minimum absolute atomic E-state index is 0.0289. The predicted octanol–water partition coefficient (Wildman–Crippen LogP) is 5.16. The third kappa shape index (κ3) is 5.70. The molecule has 1 fully saturated rings. The Morgan fingerprint density at radius 3 is 2.37 bits per heavy atom. The Labute approximate surface area is 212 Å². The normalized spacial score (nSPS) is 17.4. The summed E-state index contributed by atoms with van der Waals surface area (Å²) in [4.78, 5) is 13.6. The number of Topliss-reactive ketones (excluding diaryl/α,β-unsaturated/α-hetero) is 1. The van der Waals surface area contributed by atoms with Gasteiger partial charge in [0.2, 0.25) is 10.0 Å². The molecule has 0 spiro atoms. The molecule has 2 unspecified atom stereocenters. The minimum atomic E-state index is -3.82. The summed E-state index contributed by atoms with van der Waals surface area (Å²) in [5, 5.41) is 8.88. The first-order valence-electron chi connectivity index (χ1n) is 11.8. The molecule has 1 saturated heterocycles. The third-order valence-electron chi connectivity index (χ3n) is 6.48. The van der Waals surface area contributed by atoms with Gasteiger partial charge in [-0.05, 0) is 60.6 Å². The van der Waals surface area contributed by atoms with Crippen LogP contribution < -0.4 is 0 Å².